The number of aromatic nitrogens is 1. The Morgan fingerprint density at radius 3 is 2.89 bits per heavy atom. The first-order valence-electron chi connectivity index (χ1n) is 6.22. The largest absolute Gasteiger partial charge is 0.350 e. The lowest BCUT2D eigenvalue weighted by atomic mass is 9.77. The summed E-state index contributed by atoms with van der Waals surface area (Å²) in [7, 11) is 0. The van der Waals surface area contributed by atoms with Crippen molar-refractivity contribution in [3.05, 3.63) is 65.2 Å². The Bertz CT molecular complexity index is 627. The molecular weight excluding hydrogens is 243 g/mol. The molecule has 1 amide bonds. The molecule has 0 saturated carbocycles. The van der Waals surface area contributed by atoms with Crippen molar-refractivity contribution in [1.29, 1.82) is 0 Å². The third kappa shape index (κ3) is 2.34. The number of carbonyl (C=O) groups excluding carboxylic acids is 1. The van der Waals surface area contributed by atoms with E-state index in [-0.39, 0.29) is 11.6 Å². The van der Waals surface area contributed by atoms with E-state index < -0.39 is 5.95 Å². The standard InChI is InChI=1S/C15H13FN2O/c16-14-7-3-6-13(18-14)15(19)17-9-11-8-10-4-1-2-5-12(10)11/h1-7,11H,8-9H2,(H,17,19). The third-order valence-corrected chi connectivity index (χ3v) is 3.42. The van der Waals surface area contributed by atoms with Crippen LogP contribution in [0.25, 0.3) is 0 Å². The molecular formula is C15H13FN2O. The molecule has 1 heterocycles. The summed E-state index contributed by atoms with van der Waals surface area (Å²) >= 11 is 0. The van der Waals surface area contributed by atoms with Gasteiger partial charge in [-0.3, -0.25) is 4.79 Å². The van der Waals surface area contributed by atoms with Crippen LogP contribution in [0, 0.1) is 5.95 Å². The highest BCUT2D eigenvalue weighted by Crippen LogP contribution is 2.33. The van der Waals surface area contributed by atoms with Crippen LogP contribution >= 0.6 is 0 Å². The summed E-state index contributed by atoms with van der Waals surface area (Å²) in [6.45, 7) is 0.564. The van der Waals surface area contributed by atoms with Crippen LogP contribution in [-0.2, 0) is 6.42 Å². The summed E-state index contributed by atoms with van der Waals surface area (Å²) < 4.78 is 12.9. The fourth-order valence-corrected chi connectivity index (χ4v) is 2.39. The summed E-state index contributed by atoms with van der Waals surface area (Å²) in [5.41, 5.74) is 2.74. The Hall–Kier alpha value is -2.23. The molecule has 1 aliphatic rings. The molecule has 2 aromatic rings. The number of fused-ring (bicyclic) bond motifs is 1. The van der Waals surface area contributed by atoms with Gasteiger partial charge in [-0.1, -0.05) is 30.3 Å². The van der Waals surface area contributed by atoms with E-state index in [0.29, 0.717) is 12.5 Å². The maximum atomic E-state index is 12.9. The Labute approximate surface area is 110 Å². The summed E-state index contributed by atoms with van der Waals surface area (Å²) in [6, 6.07) is 12.4. The van der Waals surface area contributed by atoms with E-state index in [1.807, 2.05) is 12.1 Å². The van der Waals surface area contributed by atoms with Gasteiger partial charge in [0.05, 0.1) is 0 Å². The molecule has 0 aliphatic heterocycles. The zero-order chi connectivity index (χ0) is 13.2. The quantitative estimate of drug-likeness (QED) is 0.856. The lowest BCUT2D eigenvalue weighted by Gasteiger charge is -2.30. The third-order valence-electron chi connectivity index (χ3n) is 3.42. The van der Waals surface area contributed by atoms with Crippen molar-refractivity contribution in [2.24, 2.45) is 0 Å². The van der Waals surface area contributed by atoms with Gasteiger partial charge in [0.2, 0.25) is 5.95 Å². The molecule has 1 unspecified atom stereocenters. The lowest BCUT2D eigenvalue weighted by Crippen LogP contribution is -2.33. The molecule has 1 N–H and O–H groups in total. The molecule has 0 saturated heterocycles. The van der Waals surface area contributed by atoms with Crippen LogP contribution in [0.1, 0.15) is 27.5 Å². The van der Waals surface area contributed by atoms with Gasteiger partial charge in [-0.05, 0) is 29.7 Å². The highest BCUT2D eigenvalue weighted by atomic mass is 19.1. The van der Waals surface area contributed by atoms with E-state index in [4.69, 9.17) is 0 Å². The predicted octanol–water partition coefficient (Wildman–Crippen LogP) is 2.29. The number of hydrogen-bond donors (Lipinski definition) is 1. The molecule has 19 heavy (non-hydrogen) atoms. The Balaban J connectivity index is 1.61. The summed E-state index contributed by atoms with van der Waals surface area (Å²) in [4.78, 5) is 15.4. The second-order valence-electron chi connectivity index (χ2n) is 4.66. The minimum absolute atomic E-state index is 0.118. The minimum atomic E-state index is -0.637. The Morgan fingerprint density at radius 1 is 1.26 bits per heavy atom. The van der Waals surface area contributed by atoms with Crippen LogP contribution in [0.3, 0.4) is 0 Å². The number of carbonyl (C=O) groups is 1. The molecule has 1 atom stereocenters. The zero-order valence-corrected chi connectivity index (χ0v) is 10.3. The van der Waals surface area contributed by atoms with E-state index in [1.165, 1.54) is 29.3 Å². The van der Waals surface area contributed by atoms with E-state index in [2.05, 4.69) is 22.4 Å². The van der Waals surface area contributed by atoms with E-state index in [1.54, 1.807) is 0 Å². The highest BCUT2D eigenvalue weighted by molar-refractivity contribution is 5.92. The summed E-state index contributed by atoms with van der Waals surface area (Å²) in [5.74, 6) is -0.612. The molecule has 0 fully saturated rings. The van der Waals surface area contributed by atoms with Gasteiger partial charge in [-0.2, -0.15) is 4.39 Å². The van der Waals surface area contributed by atoms with Crippen LogP contribution in [0.15, 0.2) is 42.5 Å². The second-order valence-corrected chi connectivity index (χ2v) is 4.66. The van der Waals surface area contributed by atoms with Crippen molar-refractivity contribution >= 4 is 5.91 Å². The van der Waals surface area contributed by atoms with Gasteiger partial charge in [0.25, 0.3) is 5.91 Å². The normalized spacial score (nSPS) is 16.4. The van der Waals surface area contributed by atoms with E-state index >= 15 is 0 Å². The first-order chi connectivity index (χ1) is 9.24. The number of amides is 1. The zero-order valence-electron chi connectivity index (χ0n) is 10.3. The molecule has 96 valence electrons. The van der Waals surface area contributed by atoms with Gasteiger partial charge in [-0.25, -0.2) is 4.98 Å². The minimum Gasteiger partial charge on any atom is -0.350 e. The molecule has 3 rings (SSSR count). The van der Waals surface area contributed by atoms with Crippen molar-refractivity contribution in [3.8, 4) is 0 Å². The monoisotopic (exact) mass is 256 g/mol. The molecule has 4 heteroatoms. The van der Waals surface area contributed by atoms with Crippen molar-refractivity contribution in [1.82, 2.24) is 10.3 Å². The van der Waals surface area contributed by atoms with Gasteiger partial charge >= 0.3 is 0 Å². The van der Waals surface area contributed by atoms with E-state index in [9.17, 15) is 9.18 Å². The summed E-state index contributed by atoms with van der Waals surface area (Å²) in [5, 5.41) is 2.80. The Morgan fingerprint density at radius 2 is 2.11 bits per heavy atom. The molecule has 1 aromatic carbocycles. The molecule has 0 radical (unpaired) electrons. The molecule has 0 bridgehead atoms. The van der Waals surface area contributed by atoms with Gasteiger partial charge in [0.15, 0.2) is 0 Å². The van der Waals surface area contributed by atoms with Crippen LogP contribution in [0.2, 0.25) is 0 Å². The summed E-state index contributed by atoms with van der Waals surface area (Å²) in [6.07, 6.45) is 0.979. The fourth-order valence-electron chi connectivity index (χ4n) is 2.39. The number of pyridine rings is 1. The molecule has 1 aliphatic carbocycles. The fraction of sp³-hybridized carbons (Fsp3) is 0.200. The van der Waals surface area contributed by atoms with Crippen LogP contribution in [0.5, 0.6) is 0 Å². The topological polar surface area (TPSA) is 42.0 Å². The van der Waals surface area contributed by atoms with Crippen molar-refractivity contribution < 1.29 is 9.18 Å². The number of rotatable bonds is 3. The Kier molecular flexibility index (Phi) is 2.99. The van der Waals surface area contributed by atoms with E-state index in [0.717, 1.165) is 6.42 Å². The molecule has 0 spiro atoms. The maximum absolute atomic E-state index is 12.9. The first-order valence-corrected chi connectivity index (χ1v) is 6.22. The highest BCUT2D eigenvalue weighted by Gasteiger charge is 2.25. The molecule has 1 aromatic heterocycles. The van der Waals surface area contributed by atoms with Crippen molar-refractivity contribution in [3.63, 3.8) is 0 Å². The van der Waals surface area contributed by atoms with Crippen LogP contribution < -0.4 is 5.32 Å². The number of hydrogen-bond acceptors (Lipinski definition) is 2. The maximum Gasteiger partial charge on any atom is 0.270 e. The average Bonchev–Trinajstić information content (AvgIpc) is 2.39. The van der Waals surface area contributed by atoms with Gasteiger partial charge in [0, 0.05) is 12.5 Å². The number of halogens is 1. The van der Waals surface area contributed by atoms with Gasteiger partial charge < -0.3 is 5.32 Å². The SMILES string of the molecule is O=C(NCC1Cc2ccccc21)c1cccc(F)n1. The first kappa shape index (κ1) is 11.8. The number of benzene rings is 1. The van der Waals surface area contributed by atoms with Crippen molar-refractivity contribution in [2.75, 3.05) is 6.54 Å². The number of nitrogens with zero attached hydrogens (tertiary/aromatic N) is 1. The van der Waals surface area contributed by atoms with Crippen LogP contribution in [0.4, 0.5) is 4.39 Å². The second kappa shape index (κ2) is 4.80. The molecule has 3 nitrogen and oxygen atoms in total. The average molecular weight is 256 g/mol. The van der Waals surface area contributed by atoms with Gasteiger partial charge in [0.1, 0.15) is 5.69 Å². The number of nitrogens with one attached hydrogen (secondary N) is 1. The van der Waals surface area contributed by atoms with Crippen molar-refractivity contribution in [2.45, 2.75) is 12.3 Å². The smallest absolute Gasteiger partial charge is 0.270 e. The van der Waals surface area contributed by atoms with Crippen LogP contribution in [-0.4, -0.2) is 17.4 Å². The van der Waals surface area contributed by atoms with Gasteiger partial charge in [-0.15, -0.1) is 0 Å². The predicted molar refractivity (Wildman–Crippen MR) is 69.4 cm³/mol. The lowest BCUT2D eigenvalue weighted by molar-refractivity contribution is 0.0944.